The van der Waals surface area contributed by atoms with Gasteiger partial charge in [-0.1, -0.05) is 20.8 Å². The third-order valence-electron chi connectivity index (χ3n) is 4.85. The lowest BCUT2D eigenvalue weighted by molar-refractivity contribution is -0.155. The third-order valence-corrected chi connectivity index (χ3v) is 9.53. The first-order chi connectivity index (χ1) is 11.7. The number of cyclic esters (lactones) is 1. The summed E-state index contributed by atoms with van der Waals surface area (Å²) in [6.07, 6.45) is 0.529. The normalized spacial score (nSPS) is 18.4. The van der Waals surface area contributed by atoms with E-state index in [1.807, 2.05) is 20.8 Å². The molecular weight excluding hydrogens is 338 g/mol. The second-order valence-electron chi connectivity index (χ2n) is 7.64. The molecule has 0 radical (unpaired) electrons. The predicted octanol–water partition coefficient (Wildman–Crippen LogP) is 3.95. The van der Waals surface area contributed by atoms with Crippen molar-refractivity contribution in [2.24, 2.45) is 0 Å². The van der Waals surface area contributed by atoms with Gasteiger partial charge in [0, 0.05) is 13.0 Å². The summed E-state index contributed by atoms with van der Waals surface area (Å²) < 4.78 is 16.7. The maximum absolute atomic E-state index is 12.0. The summed E-state index contributed by atoms with van der Waals surface area (Å²) in [6, 6.07) is 3.19. The maximum Gasteiger partial charge on any atom is 0.410 e. The van der Waals surface area contributed by atoms with Crippen molar-refractivity contribution >= 4 is 20.4 Å². The van der Waals surface area contributed by atoms with Crippen molar-refractivity contribution in [2.75, 3.05) is 19.8 Å². The zero-order valence-corrected chi connectivity index (χ0v) is 17.7. The first-order valence-electron chi connectivity index (χ1n) is 9.45. The molecule has 1 atom stereocenters. The second kappa shape index (κ2) is 9.57. The van der Waals surface area contributed by atoms with Crippen LogP contribution in [0.5, 0.6) is 0 Å². The van der Waals surface area contributed by atoms with Crippen LogP contribution in [-0.4, -0.2) is 56.7 Å². The fourth-order valence-electron chi connectivity index (χ4n) is 3.10. The van der Waals surface area contributed by atoms with Crippen LogP contribution in [0.15, 0.2) is 0 Å². The number of ether oxygens (including phenoxy) is 2. The molecule has 0 aromatic carbocycles. The maximum atomic E-state index is 12.0. The lowest BCUT2D eigenvalue weighted by Gasteiger charge is -2.29. The van der Waals surface area contributed by atoms with Gasteiger partial charge in [0.1, 0.15) is 12.2 Å². The lowest BCUT2D eigenvalue weighted by atomic mass is 10.1. The molecule has 0 aromatic rings. The highest BCUT2D eigenvalue weighted by molar-refractivity contribution is 6.73. The molecule has 0 bridgehead atoms. The van der Waals surface area contributed by atoms with Gasteiger partial charge in [0.15, 0.2) is 8.32 Å². The Balaban J connectivity index is 2.48. The zero-order valence-electron chi connectivity index (χ0n) is 16.7. The van der Waals surface area contributed by atoms with Crippen molar-refractivity contribution in [3.8, 4) is 0 Å². The van der Waals surface area contributed by atoms with E-state index in [4.69, 9.17) is 13.9 Å². The Labute approximate surface area is 153 Å². The molecule has 1 saturated heterocycles. The van der Waals surface area contributed by atoms with Crippen LogP contribution in [0.25, 0.3) is 0 Å². The predicted molar refractivity (Wildman–Crippen MR) is 100 cm³/mol. The summed E-state index contributed by atoms with van der Waals surface area (Å²) in [6.45, 7) is 13.5. The van der Waals surface area contributed by atoms with Crippen LogP contribution in [0.4, 0.5) is 4.79 Å². The average Bonchev–Trinajstić information content (AvgIpc) is 2.89. The molecule has 1 aliphatic heterocycles. The Bertz CT molecular complexity index is 437. The quantitative estimate of drug-likeness (QED) is 0.428. The highest BCUT2D eigenvalue weighted by Gasteiger charge is 2.34. The Morgan fingerprint density at radius 2 is 1.84 bits per heavy atom. The van der Waals surface area contributed by atoms with Crippen molar-refractivity contribution in [3.63, 3.8) is 0 Å². The second-order valence-corrected chi connectivity index (χ2v) is 12.4. The fourth-order valence-corrected chi connectivity index (χ4v) is 5.73. The highest BCUT2D eigenvalue weighted by atomic mass is 28.4. The lowest BCUT2D eigenvalue weighted by Crippen LogP contribution is -2.41. The van der Waals surface area contributed by atoms with E-state index in [1.54, 1.807) is 4.90 Å². The van der Waals surface area contributed by atoms with E-state index >= 15 is 0 Å². The van der Waals surface area contributed by atoms with Gasteiger partial charge in [-0.25, -0.2) is 4.79 Å². The third kappa shape index (κ3) is 6.97. The van der Waals surface area contributed by atoms with Gasteiger partial charge in [0.05, 0.1) is 12.6 Å². The van der Waals surface area contributed by atoms with Gasteiger partial charge in [0.25, 0.3) is 0 Å². The first-order valence-corrected chi connectivity index (χ1v) is 12.0. The molecule has 6 nitrogen and oxygen atoms in total. The van der Waals surface area contributed by atoms with E-state index in [2.05, 4.69) is 20.8 Å². The minimum absolute atomic E-state index is 0.0791. The molecular formula is C18H35NO5Si. The Morgan fingerprint density at radius 3 is 2.36 bits per heavy atom. The van der Waals surface area contributed by atoms with Gasteiger partial charge in [-0.05, 0) is 45.3 Å². The molecule has 1 aliphatic rings. The summed E-state index contributed by atoms with van der Waals surface area (Å²) in [5.74, 6) is -0.238. The minimum Gasteiger partial charge on any atom is -0.460 e. The average molecular weight is 374 g/mol. The number of hydrogen-bond acceptors (Lipinski definition) is 5. The largest absolute Gasteiger partial charge is 0.460 e. The molecule has 0 N–H and O–H groups in total. The number of amides is 1. The summed E-state index contributed by atoms with van der Waals surface area (Å²) >= 11 is 0. The monoisotopic (exact) mass is 373 g/mol. The van der Waals surface area contributed by atoms with Crippen LogP contribution in [0, 0.1) is 0 Å². The molecule has 7 heteroatoms. The van der Waals surface area contributed by atoms with Gasteiger partial charge < -0.3 is 13.9 Å². The van der Waals surface area contributed by atoms with E-state index < -0.39 is 13.9 Å². The van der Waals surface area contributed by atoms with Crippen molar-refractivity contribution in [3.05, 3.63) is 0 Å². The fraction of sp³-hybridized carbons (Fsp3) is 0.889. The van der Waals surface area contributed by atoms with E-state index in [-0.39, 0.29) is 24.5 Å². The van der Waals surface area contributed by atoms with Gasteiger partial charge in [0.2, 0.25) is 0 Å². The van der Waals surface area contributed by atoms with E-state index in [0.717, 1.165) is 18.1 Å². The number of carbonyl (C=O) groups excluding carboxylic acids is 2. The standard InChI is InChI=1S/C18H35NO5Si/c1-7-25(8-2,9-3)23-13-12-19-15(14-22-17(19)21)10-11-16(20)24-18(4,5)6/h15H,7-14H2,1-6H3/t15-/m0/s1. The smallest absolute Gasteiger partial charge is 0.410 e. The Kier molecular flexibility index (Phi) is 8.41. The van der Waals surface area contributed by atoms with Crippen molar-refractivity contribution in [1.82, 2.24) is 4.90 Å². The van der Waals surface area contributed by atoms with Gasteiger partial charge in [-0.2, -0.15) is 0 Å². The Morgan fingerprint density at radius 1 is 1.24 bits per heavy atom. The SMILES string of the molecule is CC[Si](CC)(CC)OCCN1C(=O)OC[C@@H]1CCC(=O)OC(C)(C)C. The van der Waals surface area contributed by atoms with Crippen LogP contribution in [0.1, 0.15) is 54.4 Å². The van der Waals surface area contributed by atoms with Crippen LogP contribution in [0.2, 0.25) is 18.1 Å². The molecule has 0 aliphatic carbocycles. The molecule has 25 heavy (non-hydrogen) atoms. The number of hydrogen-bond donors (Lipinski definition) is 0. The van der Waals surface area contributed by atoms with Crippen molar-refractivity contribution < 1.29 is 23.5 Å². The zero-order chi connectivity index (χ0) is 19.1. The Hall–Kier alpha value is -1.08. The summed E-state index contributed by atoms with van der Waals surface area (Å²) in [7, 11) is -1.65. The molecule has 0 unspecified atom stereocenters. The number of nitrogens with zero attached hydrogens (tertiary/aromatic N) is 1. The van der Waals surface area contributed by atoms with Gasteiger partial charge in [-0.3, -0.25) is 9.69 Å². The first kappa shape index (κ1) is 22.0. The highest BCUT2D eigenvalue weighted by Crippen LogP contribution is 2.23. The van der Waals surface area contributed by atoms with Crippen LogP contribution < -0.4 is 0 Å². The van der Waals surface area contributed by atoms with E-state index in [9.17, 15) is 9.59 Å². The molecule has 146 valence electrons. The summed E-state index contributed by atoms with van der Waals surface area (Å²) in [4.78, 5) is 25.5. The van der Waals surface area contributed by atoms with E-state index in [0.29, 0.717) is 26.2 Å². The molecule has 1 heterocycles. The van der Waals surface area contributed by atoms with Crippen LogP contribution in [0.3, 0.4) is 0 Å². The van der Waals surface area contributed by atoms with Crippen molar-refractivity contribution in [2.45, 2.75) is 84.2 Å². The molecule has 0 saturated carbocycles. The molecule has 1 amide bonds. The van der Waals surface area contributed by atoms with Crippen LogP contribution in [-0.2, 0) is 18.7 Å². The van der Waals surface area contributed by atoms with Gasteiger partial charge >= 0.3 is 12.1 Å². The summed E-state index contributed by atoms with van der Waals surface area (Å²) in [5, 5.41) is 0. The van der Waals surface area contributed by atoms with Crippen molar-refractivity contribution in [1.29, 1.82) is 0 Å². The van der Waals surface area contributed by atoms with E-state index in [1.165, 1.54) is 0 Å². The van der Waals surface area contributed by atoms with Crippen LogP contribution >= 0.6 is 0 Å². The summed E-state index contributed by atoms with van der Waals surface area (Å²) in [5.41, 5.74) is -0.485. The number of carbonyl (C=O) groups is 2. The molecule has 0 aromatic heterocycles. The molecule has 1 rings (SSSR count). The molecule has 1 fully saturated rings. The minimum atomic E-state index is -1.65. The number of rotatable bonds is 10. The number of esters is 1. The topological polar surface area (TPSA) is 65.1 Å². The van der Waals surface area contributed by atoms with Gasteiger partial charge in [-0.15, -0.1) is 0 Å². The molecule has 0 spiro atoms.